The molecule has 1 fully saturated rings. The van der Waals surface area contributed by atoms with Crippen LogP contribution in [0, 0.1) is 0 Å². The molecule has 1 saturated heterocycles. The second-order valence-electron chi connectivity index (χ2n) is 4.41. The number of rotatable bonds is 2. The molecule has 0 amide bonds. The van der Waals surface area contributed by atoms with Gasteiger partial charge in [0.1, 0.15) is 12.1 Å². The lowest BCUT2D eigenvalue weighted by molar-refractivity contribution is 0.190. The standard InChI is InChI=1S/C11H17BrN4/c1-8-5-9(3-4-16(8)2)15-11-10(12)6-13-7-14-11/h6-9H,3-5H2,1-2H3,(H,13,14,15). The Hall–Kier alpha value is -0.680. The molecule has 0 aliphatic carbocycles. The quantitative estimate of drug-likeness (QED) is 0.904. The van der Waals surface area contributed by atoms with E-state index >= 15 is 0 Å². The summed E-state index contributed by atoms with van der Waals surface area (Å²) in [5.74, 6) is 0.900. The van der Waals surface area contributed by atoms with E-state index < -0.39 is 0 Å². The van der Waals surface area contributed by atoms with Crippen LogP contribution in [0.1, 0.15) is 19.8 Å². The molecule has 88 valence electrons. The van der Waals surface area contributed by atoms with E-state index in [1.807, 2.05) is 0 Å². The van der Waals surface area contributed by atoms with Crippen molar-refractivity contribution in [3.05, 3.63) is 17.0 Å². The number of aromatic nitrogens is 2. The molecule has 1 aromatic heterocycles. The molecule has 0 saturated carbocycles. The van der Waals surface area contributed by atoms with E-state index in [2.05, 4.69) is 50.1 Å². The molecule has 2 unspecified atom stereocenters. The van der Waals surface area contributed by atoms with E-state index in [0.717, 1.165) is 29.7 Å². The highest BCUT2D eigenvalue weighted by atomic mass is 79.9. The third kappa shape index (κ3) is 2.71. The lowest BCUT2D eigenvalue weighted by Crippen LogP contribution is -2.42. The van der Waals surface area contributed by atoms with Gasteiger partial charge in [0.15, 0.2) is 0 Å². The van der Waals surface area contributed by atoms with Crippen LogP contribution in [0.4, 0.5) is 5.82 Å². The molecule has 16 heavy (non-hydrogen) atoms. The van der Waals surface area contributed by atoms with Crippen molar-refractivity contribution >= 4 is 21.7 Å². The number of piperidine rings is 1. The number of hydrogen-bond acceptors (Lipinski definition) is 4. The SMILES string of the molecule is CC1CC(Nc2ncncc2Br)CCN1C. The van der Waals surface area contributed by atoms with Crippen LogP contribution in [0.3, 0.4) is 0 Å². The van der Waals surface area contributed by atoms with E-state index in [1.54, 1.807) is 12.5 Å². The van der Waals surface area contributed by atoms with Crippen molar-refractivity contribution in [1.29, 1.82) is 0 Å². The Kier molecular flexibility index (Phi) is 3.76. The van der Waals surface area contributed by atoms with Crippen molar-refractivity contribution < 1.29 is 0 Å². The molecule has 0 spiro atoms. The van der Waals surface area contributed by atoms with Gasteiger partial charge in [0.2, 0.25) is 0 Å². The Balaban J connectivity index is 1.98. The Morgan fingerprint density at radius 1 is 1.56 bits per heavy atom. The van der Waals surface area contributed by atoms with Crippen LogP contribution in [0.2, 0.25) is 0 Å². The van der Waals surface area contributed by atoms with Crippen LogP contribution in [0.25, 0.3) is 0 Å². The summed E-state index contributed by atoms with van der Waals surface area (Å²) in [5.41, 5.74) is 0. The first-order chi connectivity index (χ1) is 7.66. The maximum atomic E-state index is 4.23. The average Bonchev–Trinajstić information content (AvgIpc) is 2.27. The first-order valence-corrected chi connectivity index (χ1v) is 6.38. The van der Waals surface area contributed by atoms with Gasteiger partial charge in [-0.05, 0) is 42.7 Å². The molecular formula is C11H17BrN4. The van der Waals surface area contributed by atoms with Crippen LogP contribution in [-0.4, -0.2) is 40.5 Å². The van der Waals surface area contributed by atoms with Crippen molar-refractivity contribution in [2.75, 3.05) is 18.9 Å². The highest BCUT2D eigenvalue weighted by Crippen LogP contribution is 2.23. The van der Waals surface area contributed by atoms with Crippen molar-refractivity contribution in [3.8, 4) is 0 Å². The summed E-state index contributed by atoms with van der Waals surface area (Å²) in [5, 5.41) is 3.48. The predicted octanol–water partition coefficient (Wildman–Crippen LogP) is 2.13. The summed E-state index contributed by atoms with van der Waals surface area (Å²) in [6.07, 6.45) is 5.67. The zero-order valence-corrected chi connectivity index (χ0v) is 11.2. The van der Waals surface area contributed by atoms with E-state index in [9.17, 15) is 0 Å². The third-order valence-electron chi connectivity index (χ3n) is 3.22. The maximum absolute atomic E-state index is 4.23. The topological polar surface area (TPSA) is 41.1 Å². The summed E-state index contributed by atoms with van der Waals surface area (Å²) in [4.78, 5) is 10.6. The van der Waals surface area contributed by atoms with Gasteiger partial charge in [-0.15, -0.1) is 0 Å². The molecule has 0 bridgehead atoms. The Bertz CT molecular complexity index is 358. The van der Waals surface area contributed by atoms with Gasteiger partial charge in [0.05, 0.1) is 4.47 Å². The Morgan fingerprint density at radius 3 is 3.06 bits per heavy atom. The number of nitrogens with one attached hydrogen (secondary N) is 1. The van der Waals surface area contributed by atoms with Gasteiger partial charge in [0, 0.05) is 24.8 Å². The van der Waals surface area contributed by atoms with Crippen LogP contribution in [0.5, 0.6) is 0 Å². The zero-order valence-electron chi connectivity index (χ0n) is 9.65. The molecule has 0 radical (unpaired) electrons. The predicted molar refractivity (Wildman–Crippen MR) is 68.5 cm³/mol. The van der Waals surface area contributed by atoms with E-state index in [4.69, 9.17) is 0 Å². The number of anilines is 1. The third-order valence-corrected chi connectivity index (χ3v) is 3.80. The maximum Gasteiger partial charge on any atom is 0.143 e. The van der Waals surface area contributed by atoms with Gasteiger partial charge in [-0.2, -0.15) is 0 Å². The molecule has 1 aliphatic rings. The molecule has 4 nitrogen and oxygen atoms in total. The second-order valence-corrected chi connectivity index (χ2v) is 5.27. The fraction of sp³-hybridized carbons (Fsp3) is 0.636. The molecule has 0 aromatic carbocycles. The van der Waals surface area contributed by atoms with Crippen LogP contribution < -0.4 is 5.32 Å². The van der Waals surface area contributed by atoms with Crippen molar-refractivity contribution in [1.82, 2.24) is 14.9 Å². The van der Waals surface area contributed by atoms with E-state index in [0.29, 0.717) is 12.1 Å². The summed E-state index contributed by atoms with van der Waals surface area (Å²) in [7, 11) is 2.18. The number of nitrogens with zero attached hydrogens (tertiary/aromatic N) is 3. The highest BCUT2D eigenvalue weighted by molar-refractivity contribution is 9.10. The first-order valence-electron chi connectivity index (χ1n) is 5.59. The molecule has 5 heteroatoms. The number of hydrogen-bond donors (Lipinski definition) is 1. The minimum atomic E-state index is 0.511. The number of likely N-dealkylation sites (tertiary alicyclic amines) is 1. The van der Waals surface area contributed by atoms with Gasteiger partial charge >= 0.3 is 0 Å². The fourth-order valence-electron chi connectivity index (χ4n) is 2.03. The summed E-state index contributed by atoms with van der Waals surface area (Å²) in [6, 6.07) is 1.14. The van der Waals surface area contributed by atoms with Gasteiger partial charge in [-0.25, -0.2) is 9.97 Å². The molecule has 1 aliphatic heterocycles. The molecule has 2 rings (SSSR count). The molecule has 2 atom stereocenters. The van der Waals surface area contributed by atoms with Crippen LogP contribution in [-0.2, 0) is 0 Å². The summed E-state index contributed by atoms with van der Waals surface area (Å²) in [6.45, 7) is 3.41. The highest BCUT2D eigenvalue weighted by Gasteiger charge is 2.23. The fourth-order valence-corrected chi connectivity index (χ4v) is 2.37. The van der Waals surface area contributed by atoms with E-state index in [1.165, 1.54) is 0 Å². The van der Waals surface area contributed by atoms with Gasteiger partial charge in [-0.1, -0.05) is 0 Å². The summed E-state index contributed by atoms with van der Waals surface area (Å²) < 4.78 is 0.932. The molecule has 1 aromatic rings. The van der Waals surface area contributed by atoms with Crippen LogP contribution in [0.15, 0.2) is 17.0 Å². The van der Waals surface area contributed by atoms with Gasteiger partial charge in [0.25, 0.3) is 0 Å². The average molecular weight is 285 g/mol. The molecule has 2 heterocycles. The monoisotopic (exact) mass is 284 g/mol. The minimum Gasteiger partial charge on any atom is -0.366 e. The van der Waals surface area contributed by atoms with E-state index in [-0.39, 0.29) is 0 Å². The minimum absolute atomic E-state index is 0.511. The Labute approximate surface area is 105 Å². The van der Waals surface area contributed by atoms with Crippen molar-refractivity contribution in [3.63, 3.8) is 0 Å². The smallest absolute Gasteiger partial charge is 0.143 e. The first kappa shape index (κ1) is 11.8. The van der Waals surface area contributed by atoms with Gasteiger partial charge < -0.3 is 10.2 Å². The van der Waals surface area contributed by atoms with Crippen molar-refractivity contribution in [2.45, 2.75) is 31.8 Å². The number of halogens is 1. The zero-order chi connectivity index (χ0) is 11.5. The van der Waals surface area contributed by atoms with Crippen LogP contribution >= 0.6 is 15.9 Å². The molecule has 1 N–H and O–H groups in total. The van der Waals surface area contributed by atoms with Crippen molar-refractivity contribution in [2.24, 2.45) is 0 Å². The largest absolute Gasteiger partial charge is 0.366 e. The normalized spacial score (nSPS) is 26.7. The second kappa shape index (κ2) is 5.10. The lowest BCUT2D eigenvalue weighted by atomic mass is 9.99. The lowest BCUT2D eigenvalue weighted by Gasteiger charge is -2.35. The Morgan fingerprint density at radius 2 is 2.38 bits per heavy atom. The molecular weight excluding hydrogens is 268 g/mol. The van der Waals surface area contributed by atoms with Gasteiger partial charge in [-0.3, -0.25) is 0 Å². The summed E-state index contributed by atoms with van der Waals surface area (Å²) >= 11 is 3.45.